The molecule has 0 bridgehead atoms. The number of benzene rings is 1. The second kappa shape index (κ2) is 7.75. The lowest BCUT2D eigenvalue weighted by Crippen LogP contribution is -2.29. The predicted molar refractivity (Wildman–Crippen MR) is 75.2 cm³/mol. The van der Waals surface area contributed by atoms with E-state index in [1.54, 1.807) is 0 Å². The number of esters is 1. The van der Waals surface area contributed by atoms with E-state index in [9.17, 15) is 4.79 Å². The molecule has 0 unspecified atom stereocenters. The number of anilines is 1. The molecule has 3 nitrogen and oxygen atoms in total. The Hall–Kier alpha value is -1.51. The molecule has 1 fully saturated rings. The van der Waals surface area contributed by atoms with Crippen LogP contribution in [0.1, 0.15) is 43.5 Å². The van der Waals surface area contributed by atoms with Crippen LogP contribution in [-0.2, 0) is 4.74 Å². The van der Waals surface area contributed by atoms with Gasteiger partial charge in [-0.15, -0.1) is 0 Å². The summed E-state index contributed by atoms with van der Waals surface area (Å²) in [5.41, 5.74) is 1.82. The third-order valence-corrected chi connectivity index (χ3v) is 3.01. The molecule has 0 N–H and O–H groups in total. The van der Waals surface area contributed by atoms with Gasteiger partial charge in [-0.25, -0.2) is 4.79 Å². The van der Waals surface area contributed by atoms with Gasteiger partial charge in [0.2, 0.25) is 0 Å². The van der Waals surface area contributed by atoms with Gasteiger partial charge in [-0.2, -0.15) is 0 Å². The molecular weight excluding hydrogens is 226 g/mol. The molecule has 1 aromatic carbocycles. The van der Waals surface area contributed by atoms with Crippen LogP contribution < -0.4 is 4.90 Å². The first-order valence-electron chi connectivity index (χ1n) is 6.74. The summed E-state index contributed by atoms with van der Waals surface area (Å²) in [6, 6.07) is 7.65. The molecule has 0 aliphatic carbocycles. The van der Waals surface area contributed by atoms with Crippen LogP contribution in [0.3, 0.4) is 0 Å². The number of carbonyl (C=O) groups is 1. The number of hydrogen-bond donors (Lipinski definition) is 0. The first kappa shape index (κ1) is 14.6. The van der Waals surface area contributed by atoms with Gasteiger partial charge in [0.15, 0.2) is 0 Å². The summed E-state index contributed by atoms with van der Waals surface area (Å²) in [6.45, 7) is 6.25. The van der Waals surface area contributed by atoms with E-state index in [-0.39, 0.29) is 5.97 Å². The fourth-order valence-corrected chi connectivity index (χ4v) is 2.08. The molecule has 0 radical (unpaired) electrons. The van der Waals surface area contributed by atoms with Crippen molar-refractivity contribution in [2.45, 2.75) is 33.1 Å². The highest BCUT2D eigenvalue weighted by Gasteiger charge is 2.11. The monoisotopic (exact) mass is 249 g/mol. The van der Waals surface area contributed by atoms with Crippen LogP contribution >= 0.6 is 0 Å². The predicted octanol–water partition coefficient (Wildman–Crippen LogP) is 3.49. The fraction of sp³-hybridized carbons (Fsp3) is 0.533. The molecule has 1 aromatic rings. The Balaban J connectivity index is 0.000000771. The topological polar surface area (TPSA) is 29.5 Å². The maximum atomic E-state index is 11.3. The Bertz CT molecular complexity index is 353. The summed E-state index contributed by atoms with van der Waals surface area (Å²) in [4.78, 5) is 13.6. The van der Waals surface area contributed by atoms with Crippen molar-refractivity contribution in [1.29, 1.82) is 0 Å². The van der Waals surface area contributed by atoms with E-state index in [1.807, 2.05) is 38.1 Å². The smallest absolute Gasteiger partial charge is 0.337 e. The van der Waals surface area contributed by atoms with Crippen molar-refractivity contribution in [3.05, 3.63) is 29.8 Å². The van der Waals surface area contributed by atoms with E-state index in [1.165, 1.54) is 32.1 Å². The highest BCUT2D eigenvalue weighted by atomic mass is 16.5. The summed E-state index contributed by atoms with van der Waals surface area (Å²) >= 11 is 0. The number of carbonyl (C=O) groups excluding carboxylic acids is 1. The molecular formula is C15H23NO2. The highest BCUT2D eigenvalue weighted by Crippen LogP contribution is 2.20. The Morgan fingerprint density at radius 2 is 1.61 bits per heavy atom. The molecule has 1 heterocycles. The molecule has 1 aliphatic heterocycles. The zero-order valence-electron chi connectivity index (χ0n) is 11.6. The summed E-state index contributed by atoms with van der Waals surface area (Å²) in [7, 11) is 1.40. The molecule has 3 heteroatoms. The van der Waals surface area contributed by atoms with E-state index in [2.05, 4.69) is 9.64 Å². The summed E-state index contributed by atoms with van der Waals surface area (Å²) < 4.78 is 4.67. The summed E-state index contributed by atoms with van der Waals surface area (Å²) in [5.74, 6) is -0.273. The third kappa shape index (κ3) is 3.76. The Kier molecular flexibility index (Phi) is 6.26. The molecule has 0 saturated carbocycles. The van der Waals surface area contributed by atoms with Crippen LogP contribution in [0.5, 0.6) is 0 Å². The van der Waals surface area contributed by atoms with Gasteiger partial charge in [0.25, 0.3) is 0 Å². The van der Waals surface area contributed by atoms with Crippen LogP contribution in [-0.4, -0.2) is 26.2 Å². The van der Waals surface area contributed by atoms with Crippen molar-refractivity contribution in [2.24, 2.45) is 0 Å². The number of nitrogens with zero attached hydrogens (tertiary/aromatic N) is 1. The van der Waals surface area contributed by atoms with Gasteiger partial charge in [-0.05, 0) is 43.5 Å². The average molecular weight is 249 g/mol. The van der Waals surface area contributed by atoms with Crippen molar-refractivity contribution in [2.75, 3.05) is 25.1 Å². The first-order valence-corrected chi connectivity index (χ1v) is 6.74. The number of ether oxygens (including phenoxy) is 1. The van der Waals surface area contributed by atoms with Crippen LogP contribution in [0.25, 0.3) is 0 Å². The van der Waals surface area contributed by atoms with Crippen molar-refractivity contribution in [3.63, 3.8) is 0 Å². The molecule has 1 aliphatic rings. The summed E-state index contributed by atoms with van der Waals surface area (Å²) in [5, 5.41) is 0. The van der Waals surface area contributed by atoms with Gasteiger partial charge in [0.1, 0.15) is 0 Å². The largest absolute Gasteiger partial charge is 0.465 e. The number of rotatable bonds is 2. The van der Waals surface area contributed by atoms with Gasteiger partial charge in [-0.3, -0.25) is 0 Å². The van der Waals surface area contributed by atoms with Crippen LogP contribution in [0.4, 0.5) is 5.69 Å². The van der Waals surface area contributed by atoms with Gasteiger partial charge in [0, 0.05) is 18.8 Å². The van der Waals surface area contributed by atoms with E-state index in [0.29, 0.717) is 5.56 Å². The minimum atomic E-state index is -0.273. The van der Waals surface area contributed by atoms with E-state index >= 15 is 0 Å². The Morgan fingerprint density at radius 3 is 2.11 bits per heavy atom. The average Bonchev–Trinajstić information content (AvgIpc) is 2.49. The third-order valence-electron chi connectivity index (χ3n) is 3.01. The second-order valence-corrected chi connectivity index (χ2v) is 4.09. The fourth-order valence-electron chi connectivity index (χ4n) is 2.08. The minimum Gasteiger partial charge on any atom is -0.465 e. The molecule has 18 heavy (non-hydrogen) atoms. The number of methoxy groups -OCH3 is 1. The SMILES string of the molecule is CC.COC(=O)c1ccc(N2CCCCC2)cc1. The van der Waals surface area contributed by atoms with Gasteiger partial charge >= 0.3 is 5.97 Å². The minimum absolute atomic E-state index is 0.273. The lowest BCUT2D eigenvalue weighted by Gasteiger charge is -2.28. The first-order chi connectivity index (χ1) is 8.81. The van der Waals surface area contributed by atoms with Crippen LogP contribution in [0.15, 0.2) is 24.3 Å². The standard InChI is InChI=1S/C13H17NO2.C2H6/c1-16-13(15)11-5-7-12(8-6-11)14-9-3-2-4-10-14;1-2/h5-8H,2-4,9-10H2,1H3;1-2H3. The molecule has 2 rings (SSSR count). The molecule has 0 atom stereocenters. The van der Waals surface area contributed by atoms with Gasteiger partial charge in [0.05, 0.1) is 12.7 Å². The molecule has 0 aromatic heterocycles. The number of piperidine rings is 1. The van der Waals surface area contributed by atoms with Gasteiger partial charge in [-0.1, -0.05) is 13.8 Å². The van der Waals surface area contributed by atoms with Crippen molar-refractivity contribution in [1.82, 2.24) is 0 Å². The van der Waals surface area contributed by atoms with Gasteiger partial charge < -0.3 is 9.64 Å². The maximum absolute atomic E-state index is 11.3. The maximum Gasteiger partial charge on any atom is 0.337 e. The number of hydrogen-bond acceptors (Lipinski definition) is 3. The zero-order chi connectivity index (χ0) is 13.4. The molecule has 1 saturated heterocycles. The van der Waals surface area contributed by atoms with E-state index in [0.717, 1.165) is 13.1 Å². The van der Waals surface area contributed by atoms with Crippen molar-refractivity contribution in [3.8, 4) is 0 Å². The van der Waals surface area contributed by atoms with Crippen molar-refractivity contribution < 1.29 is 9.53 Å². The lowest BCUT2D eigenvalue weighted by atomic mass is 10.1. The Morgan fingerprint density at radius 1 is 1.06 bits per heavy atom. The molecule has 0 amide bonds. The summed E-state index contributed by atoms with van der Waals surface area (Å²) in [6.07, 6.45) is 3.86. The van der Waals surface area contributed by atoms with Crippen LogP contribution in [0, 0.1) is 0 Å². The Labute approximate surface area is 110 Å². The highest BCUT2D eigenvalue weighted by molar-refractivity contribution is 5.89. The van der Waals surface area contributed by atoms with E-state index in [4.69, 9.17) is 0 Å². The lowest BCUT2D eigenvalue weighted by molar-refractivity contribution is 0.0601. The zero-order valence-corrected chi connectivity index (χ0v) is 11.6. The second-order valence-electron chi connectivity index (χ2n) is 4.09. The quantitative estimate of drug-likeness (QED) is 0.751. The molecule has 0 spiro atoms. The normalized spacial score (nSPS) is 14.5. The molecule has 100 valence electrons. The van der Waals surface area contributed by atoms with E-state index < -0.39 is 0 Å². The van der Waals surface area contributed by atoms with Crippen LogP contribution in [0.2, 0.25) is 0 Å². The van der Waals surface area contributed by atoms with Crippen molar-refractivity contribution >= 4 is 11.7 Å².